The smallest absolute Gasteiger partial charge is 0.271 e. The topological polar surface area (TPSA) is 70.9 Å². The molecule has 0 saturated heterocycles. The summed E-state index contributed by atoms with van der Waals surface area (Å²) in [7, 11) is 1.55. The quantitative estimate of drug-likeness (QED) is 0.674. The number of hydrogen-bond donors (Lipinski definition) is 2. The number of aromatic hydroxyl groups is 1. The van der Waals surface area contributed by atoms with Gasteiger partial charge in [-0.15, -0.1) is 0 Å². The second-order valence-electron chi connectivity index (χ2n) is 4.13. The number of halogens is 1. The highest BCUT2D eigenvalue weighted by Crippen LogP contribution is 2.19. The SMILES string of the molecule is COc1ccc(C(=O)N/N=C\c2cc(Cl)ccc2O)cc1. The average Bonchev–Trinajstić information content (AvgIpc) is 2.50. The van der Waals surface area contributed by atoms with Crippen LogP contribution in [-0.4, -0.2) is 24.3 Å². The molecule has 2 aromatic rings. The number of ether oxygens (including phenoxy) is 1. The Labute approximate surface area is 126 Å². The highest BCUT2D eigenvalue weighted by Gasteiger charge is 2.04. The Bertz CT molecular complexity index is 669. The molecule has 1 amide bonds. The molecule has 0 radical (unpaired) electrons. The first kappa shape index (κ1) is 14.9. The van der Waals surface area contributed by atoms with Gasteiger partial charge in [0.25, 0.3) is 5.91 Å². The van der Waals surface area contributed by atoms with Crippen LogP contribution in [0.5, 0.6) is 11.5 Å². The van der Waals surface area contributed by atoms with E-state index in [4.69, 9.17) is 16.3 Å². The molecule has 0 aliphatic rings. The van der Waals surface area contributed by atoms with Gasteiger partial charge in [0.15, 0.2) is 0 Å². The fourth-order valence-electron chi connectivity index (χ4n) is 1.60. The van der Waals surface area contributed by atoms with E-state index >= 15 is 0 Å². The van der Waals surface area contributed by atoms with Crippen LogP contribution in [0.1, 0.15) is 15.9 Å². The summed E-state index contributed by atoms with van der Waals surface area (Å²) in [4.78, 5) is 11.8. The third-order valence-electron chi connectivity index (χ3n) is 2.71. The number of rotatable bonds is 4. The average molecular weight is 305 g/mol. The van der Waals surface area contributed by atoms with E-state index in [9.17, 15) is 9.90 Å². The first-order chi connectivity index (χ1) is 10.1. The van der Waals surface area contributed by atoms with Crippen molar-refractivity contribution in [2.24, 2.45) is 5.10 Å². The minimum atomic E-state index is -0.365. The number of phenols is 1. The number of carbonyl (C=O) groups excluding carboxylic acids is 1. The lowest BCUT2D eigenvalue weighted by atomic mass is 10.2. The van der Waals surface area contributed by atoms with Crippen LogP contribution in [0.2, 0.25) is 5.02 Å². The number of nitrogens with one attached hydrogen (secondary N) is 1. The third-order valence-corrected chi connectivity index (χ3v) is 2.95. The molecular weight excluding hydrogens is 292 g/mol. The van der Waals surface area contributed by atoms with Crippen LogP contribution < -0.4 is 10.2 Å². The van der Waals surface area contributed by atoms with Crippen molar-refractivity contribution in [3.8, 4) is 11.5 Å². The molecule has 0 saturated carbocycles. The molecule has 2 aromatic carbocycles. The summed E-state index contributed by atoms with van der Waals surface area (Å²) >= 11 is 5.81. The van der Waals surface area contributed by atoms with Gasteiger partial charge in [-0.3, -0.25) is 4.79 Å². The van der Waals surface area contributed by atoms with Gasteiger partial charge < -0.3 is 9.84 Å². The van der Waals surface area contributed by atoms with E-state index in [-0.39, 0.29) is 11.7 Å². The monoisotopic (exact) mass is 304 g/mol. The van der Waals surface area contributed by atoms with Crippen molar-refractivity contribution in [2.75, 3.05) is 7.11 Å². The van der Waals surface area contributed by atoms with Gasteiger partial charge in [-0.05, 0) is 42.5 Å². The summed E-state index contributed by atoms with van der Waals surface area (Å²) in [6, 6.07) is 11.2. The molecule has 0 aromatic heterocycles. The standard InChI is InChI=1S/C15H13ClN2O3/c1-21-13-5-2-10(3-6-13)15(20)18-17-9-11-8-12(16)4-7-14(11)19/h2-9,19H,1H3,(H,18,20)/b17-9-. The first-order valence-electron chi connectivity index (χ1n) is 6.06. The number of hydrogen-bond acceptors (Lipinski definition) is 4. The minimum Gasteiger partial charge on any atom is -0.507 e. The maximum absolute atomic E-state index is 11.8. The van der Waals surface area contributed by atoms with Crippen molar-refractivity contribution in [3.63, 3.8) is 0 Å². The number of nitrogens with zero attached hydrogens (tertiary/aromatic N) is 1. The zero-order chi connectivity index (χ0) is 15.2. The van der Waals surface area contributed by atoms with E-state index < -0.39 is 0 Å². The van der Waals surface area contributed by atoms with Gasteiger partial charge in [0.2, 0.25) is 0 Å². The van der Waals surface area contributed by atoms with Crippen LogP contribution in [0.25, 0.3) is 0 Å². The predicted molar refractivity (Wildman–Crippen MR) is 81.2 cm³/mol. The zero-order valence-electron chi connectivity index (χ0n) is 11.2. The molecule has 108 valence electrons. The van der Waals surface area contributed by atoms with Crippen LogP contribution in [0.3, 0.4) is 0 Å². The Kier molecular flexibility index (Phi) is 4.79. The van der Waals surface area contributed by atoms with Crippen LogP contribution >= 0.6 is 11.6 Å². The Morgan fingerprint density at radius 1 is 1.29 bits per heavy atom. The normalized spacial score (nSPS) is 10.6. The highest BCUT2D eigenvalue weighted by atomic mass is 35.5. The predicted octanol–water partition coefficient (Wildman–Crippen LogP) is 2.82. The van der Waals surface area contributed by atoms with Crippen molar-refractivity contribution in [3.05, 3.63) is 58.6 Å². The first-order valence-corrected chi connectivity index (χ1v) is 6.44. The largest absolute Gasteiger partial charge is 0.507 e. The third kappa shape index (κ3) is 3.97. The molecule has 0 spiro atoms. The molecule has 0 fully saturated rings. The van der Waals surface area contributed by atoms with Gasteiger partial charge >= 0.3 is 0 Å². The molecule has 2 N–H and O–H groups in total. The van der Waals surface area contributed by atoms with E-state index in [1.165, 1.54) is 12.3 Å². The summed E-state index contributed by atoms with van der Waals surface area (Å²) in [5.41, 5.74) is 3.23. The van der Waals surface area contributed by atoms with E-state index in [0.717, 1.165) is 0 Å². The molecule has 0 atom stereocenters. The number of amides is 1. The second kappa shape index (κ2) is 6.76. The Balaban J connectivity index is 2.02. The summed E-state index contributed by atoms with van der Waals surface area (Å²) in [6.07, 6.45) is 1.32. The molecule has 0 unspecified atom stereocenters. The van der Waals surface area contributed by atoms with Crippen LogP contribution in [0, 0.1) is 0 Å². The van der Waals surface area contributed by atoms with Crippen LogP contribution in [-0.2, 0) is 0 Å². The Morgan fingerprint density at radius 2 is 2.00 bits per heavy atom. The van der Waals surface area contributed by atoms with Gasteiger partial charge in [-0.1, -0.05) is 11.6 Å². The van der Waals surface area contributed by atoms with Gasteiger partial charge in [-0.25, -0.2) is 5.43 Å². The Hall–Kier alpha value is -2.53. The minimum absolute atomic E-state index is 0.0295. The molecule has 0 bridgehead atoms. The molecular formula is C15H13ClN2O3. The number of phenolic OH excluding ortho intramolecular Hbond substituents is 1. The highest BCUT2D eigenvalue weighted by molar-refractivity contribution is 6.30. The molecule has 6 heteroatoms. The van der Waals surface area contributed by atoms with Crippen molar-refractivity contribution >= 4 is 23.7 Å². The van der Waals surface area contributed by atoms with Crippen molar-refractivity contribution in [2.45, 2.75) is 0 Å². The van der Waals surface area contributed by atoms with Crippen molar-refractivity contribution < 1.29 is 14.6 Å². The van der Waals surface area contributed by atoms with Gasteiger partial charge in [0.05, 0.1) is 13.3 Å². The number of hydrazone groups is 1. The lowest BCUT2D eigenvalue weighted by Gasteiger charge is -2.02. The van der Waals surface area contributed by atoms with E-state index in [1.54, 1.807) is 43.5 Å². The maximum atomic E-state index is 11.8. The molecule has 0 aliphatic heterocycles. The summed E-state index contributed by atoms with van der Waals surface area (Å²) in [6.45, 7) is 0. The van der Waals surface area contributed by atoms with E-state index in [0.29, 0.717) is 21.9 Å². The number of methoxy groups -OCH3 is 1. The molecule has 5 nitrogen and oxygen atoms in total. The van der Waals surface area contributed by atoms with Gasteiger partial charge in [0.1, 0.15) is 11.5 Å². The molecule has 21 heavy (non-hydrogen) atoms. The summed E-state index contributed by atoms with van der Waals surface area (Å²) in [5, 5.41) is 13.9. The van der Waals surface area contributed by atoms with Gasteiger partial charge in [0, 0.05) is 16.1 Å². The van der Waals surface area contributed by atoms with E-state index in [1.807, 2.05) is 0 Å². The lowest BCUT2D eigenvalue weighted by Crippen LogP contribution is -2.17. The van der Waals surface area contributed by atoms with Crippen LogP contribution in [0.4, 0.5) is 0 Å². The van der Waals surface area contributed by atoms with E-state index in [2.05, 4.69) is 10.5 Å². The lowest BCUT2D eigenvalue weighted by molar-refractivity contribution is 0.0955. The summed E-state index contributed by atoms with van der Waals surface area (Å²) in [5.74, 6) is 0.330. The maximum Gasteiger partial charge on any atom is 0.271 e. The second-order valence-corrected chi connectivity index (χ2v) is 4.57. The van der Waals surface area contributed by atoms with Gasteiger partial charge in [-0.2, -0.15) is 5.10 Å². The zero-order valence-corrected chi connectivity index (χ0v) is 12.0. The van der Waals surface area contributed by atoms with Crippen molar-refractivity contribution in [1.82, 2.24) is 5.43 Å². The number of carbonyl (C=O) groups is 1. The van der Waals surface area contributed by atoms with Crippen LogP contribution in [0.15, 0.2) is 47.6 Å². The molecule has 0 heterocycles. The molecule has 0 aliphatic carbocycles. The molecule has 2 rings (SSSR count). The fraction of sp³-hybridized carbons (Fsp3) is 0.0667. The summed E-state index contributed by atoms with van der Waals surface area (Å²) < 4.78 is 5.01. The van der Waals surface area contributed by atoms with Crippen molar-refractivity contribution in [1.29, 1.82) is 0 Å². The Morgan fingerprint density at radius 3 is 2.67 bits per heavy atom. The fourth-order valence-corrected chi connectivity index (χ4v) is 1.78. The number of benzene rings is 2.